The van der Waals surface area contributed by atoms with Gasteiger partial charge in [-0.3, -0.25) is 0 Å². The monoisotopic (exact) mass is 406 g/mol. The molecule has 0 amide bonds. The van der Waals surface area contributed by atoms with Gasteiger partial charge in [-0.2, -0.15) is 0 Å². The fraction of sp³-hybridized carbons (Fsp3) is 0.286. The van der Waals surface area contributed by atoms with Crippen molar-refractivity contribution in [2.24, 2.45) is 0 Å². The molecule has 0 aliphatic heterocycles. The van der Waals surface area contributed by atoms with Crippen LogP contribution in [0.4, 0.5) is 0 Å². The molecule has 27 heavy (non-hydrogen) atoms. The number of hydrogen-bond donors (Lipinski definition) is 1. The second kappa shape index (κ2) is 10.2. The van der Waals surface area contributed by atoms with E-state index in [0.29, 0.717) is 21.4 Å². The minimum atomic E-state index is -0.985. The quantitative estimate of drug-likeness (QED) is 0.667. The molecule has 6 heteroatoms. The lowest BCUT2D eigenvalue weighted by Crippen LogP contribution is -2.29. The smallest absolute Gasteiger partial charge is 0.333 e. The molecule has 1 N–H and O–H groups in total. The third-order valence-electron chi connectivity index (χ3n) is 3.50. The molecule has 0 radical (unpaired) electrons. The van der Waals surface area contributed by atoms with Gasteiger partial charge in [0.2, 0.25) is 0 Å². The first-order valence-corrected chi connectivity index (χ1v) is 9.14. The second-order valence-corrected chi connectivity index (χ2v) is 6.92. The van der Waals surface area contributed by atoms with Crippen LogP contribution in [0.3, 0.4) is 0 Å². The molecule has 0 fully saturated rings. The molecule has 2 aromatic carbocycles. The molecule has 1 atom stereocenters. The van der Waals surface area contributed by atoms with E-state index < -0.39 is 12.1 Å². The predicted molar refractivity (Wildman–Crippen MR) is 107 cm³/mol. The lowest BCUT2D eigenvalue weighted by molar-refractivity contribution is -0.153. The number of ether oxygens (including phenoxy) is 2. The normalized spacial score (nSPS) is 11.6. The van der Waals surface area contributed by atoms with Crippen molar-refractivity contribution in [1.82, 2.24) is 0 Å². The molecule has 0 heterocycles. The Kier molecular flexibility index (Phi) is 7.99. The zero-order valence-electron chi connectivity index (χ0n) is 15.0. The van der Waals surface area contributed by atoms with Crippen molar-refractivity contribution >= 4 is 29.2 Å². The van der Waals surface area contributed by atoms with Crippen LogP contribution in [0.15, 0.2) is 42.5 Å². The zero-order valence-corrected chi connectivity index (χ0v) is 16.6. The molecule has 0 unspecified atom stereocenters. The van der Waals surface area contributed by atoms with Gasteiger partial charge in [-0.15, -0.1) is 0 Å². The zero-order chi connectivity index (χ0) is 19.8. The Morgan fingerprint density at radius 1 is 1.19 bits per heavy atom. The van der Waals surface area contributed by atoms with Crippen molar-refractivity contribution in [1.29, 1.82) is 0 Å². The van der Waals surface area contributed by atoms with Crippen molar-refractivity contribution in [3.8, 4) is 17.6 Å². The first-order valence-electron chi connectivity index (χ1n) is 8.39. The van der Waals surface area contributed by atoms with E-state index in [1.165, 1.54) is 0 Å². The first-order chi connectivity index (χ1) is 12.8. The van der Waals surface area contributed by atoms with Crippen molar-refractivity contribution < 1.29 is 19.4 Å². The highest BCUT2D eigenvalue weighted by Crippen LogP contribution is 2.20. The molecule has 0 aliphatic carbocycles. The van der Waals surface area contributed by atoms with Gasteiger partial charge in [-0.1, -0.05) is 47.2 Å². The largest absolute Gasteiger partial charge is 0.481 e. The van der Waals surface area contributed by atoms with Crippen LogP contribution in [0, 0.1) is 11.8 Å². The Hall–Kier alpha value is -2.19. The van der Waals surface area contributed by atoms with Crippen LogP contribution < -0.4 is 4.74 Å². The van der Waals surface area contributed by atoms with Gasteiger partial charge in [-0.05, 0) is 49.7 Å². The standard InChI is InChI=1S/C21H20Cl2O4/c1-14(2)27-20(21(24)25)12-15-5-3-7-18(11-15)26-10-4-6-16-8-9-17(22)13-19(16)23/h3,5,7-9,11,13-14,20H,10,12H2,1-2H3,(H,24,25)/t20-/m0/s1. The van der Waals surface area contributed by atoms with Crippen LogP contribution in [-0.2, 0) is 16.0 Å². The van der Waals surface area contributed by atoms with Crippen LogP contribution in [-0.4, -0.2) is 29.9 Å². The van der Waals surface area contributed by atoms with Crippen molar-refractivity contribution in [2.45, 2.75) is 32.5 Å². The summed E-state index contributed by atoms with van der Waals surface area (Å²) in [4.78, 5) is 11.3. The SMILES string of the molecule is CC(C)O[C@@H](Cc1cccc(OCC#Cc2ccc(Cl)cc2Cl)c1)C(=O)O. The number of carboxylic acid groups (broad SMARTS) is 1. The van der Waals surface area contributed by atoms with Gasteiger partial charge < -0.3 is 14.6 Å². The minimum Gasteiger partial charge on any atom is -0.481 e. The minimum absolute atomic E-state index is 0.166. The van der Waals surface area contributed by atoms with Crippen LogP contribution in [0.2, 0.25) is 10.0 Å². The summed E-state index contributed by atoms with van der Waals surface area (Å²) >= 11 is 11.9. The Labute approximate surface area is 169 Å². The van der Waals surface area contributed by atoms with Gasteiger partial charge >= 0.3 is 5.97 Å². The number of hydrogen-bond acceptors (Lipinski definition) is 3. The number of aliphatic carboxylic acids is 1. The highest BCUT2D eigenvalue weighted by molar-refractivity contribution is 6.35. The molecule has 2 aromatic rings. The molecular weight excluding hydrogens is 387 g/mol. The van der Waals surface area contributed by atoms with E-state index >= 15 is 0 Å². The molecule has 0 aliphatic rings. The van der Waals surface area contributed by atoms with E-state index in [1.807, 2.05) is 12.1 Å². The van der Waals surface area contributed by atoms with E-state index in [1.54, 1.807) is 44.2 Å². The second-order valence-electron chi connectivity index (χ2n) is 6.08. The third-order valence-corrected chi connectivity index (χ3v) is 4.04. The average molecular weight is 407 g/mol. The summed E-state index contributed by atoms with van der Waals surface area (Å²) in [6, 6.07) is 12.3. The molecule has 0 aromatic heterocycles. The average Bonchev–Trinajstić information content (AvgIpc) is 2.59. The van der Waals surface area contributed by atoms with Gasteiger partial charge in [-0.25, -0.2) is 4.79 Å². The van der Waals surface area contributed by atoms with Crippen LogP contribution in [0.1, 0.15) is 25.0 Å². The van der Waals surface area contributed by atoms with Crippen LogP contribution in [0.25, 0.3) is 0 Å². The summed E-state index contributed by atoms with van der Waals surface area (Å²) < 4.78 is 11.1. The molecule has 142 valence electrons. The van der Waals surface area contributed by atoms with E-state index in [0.717, 1.165) is 5.56 Å². The highest BCUT2D eigenvalue weighted by Gasteiger charge is 2.20. The summed E-state index contributed by atoms with van der Waals surface area (Å²) in [7, 11) is 0. The summed E-state index contributed by atoms with van der Waals surface area (Å²) in [5.74, 6) is 5.45. The number of rotatable bonds is 7. The van der Waals surface area contributed by atoms with Crippen molar-refractivity contribution in [3.63, 3.8) is 0 Å². The molecule has 0 bridgehead atoms. The molecule has 4 nitrogen and oxygen atoms in total. The van der Waals surface area contributed by atoms with Crippen LogP contribution >= 0.6 is 23.2 Å². The Morgan fingerprint density at radius 3 is 2.63 bits per heavy atom. The summed E-state index contributed by atoms with van der Waals surface area (Å²) in [6.45, 7) is 3.79. The van der Waals surface area contributed by atoms with E-state index in [9.17, 15) is 9.90 Å². The number of carboxylic acids is 1. The Balaban J connectivity index is 1.97. The molecule has 0 saturated heterocycles. The molecule has 0 saturated carbocycles. The molecular formula is C21H20Cl2O4. The van der Waals surface area contributed by atoms with Gasteiger partial charge in [0.1, 0.15) is 12.4 Å². The van der Waals surface area contributed by atoms with E-state index in [-0.39, 0.29) is 19.1 Å². The van der Waals surface area contributed by atoms with Crippen molar-refractivity contribution in [2.75, 3.05) is 6.61 Å². The maximum Gasteiger partial charge on any atom is 0.333 e. The first kappa shape index (κ1) is 21.1. The van der Waals surface area contributed by atoms with Gasteiger partial charge in [0.15, 0.2) is 6.10 Å². The Bertz CT molecular complexity index is 853. The molecule has 0 spiro atoms. The van der Waals surface area contributed by atoms with Crippen LogP contribution in [0.5, 0.6) is 5.75 Å². The van der Waals surface area contributed by atoms with E-state index in [4.69, 9.17) is 32.7 Å². The lowest BCUT2D eigenvalue weighted by Gasteiger charge is -2.16. The van der Waals surface area contributed by atoms with Crippen molar-refractivity contribution in [3.05, 3.63) is 63.6 Å². The van der Waals surface area contributed by atoms with Gasteiger partial charge in [0, 0.05) is 17.0 Å². The number of carbonyl (C=O) groups is 1. The highest BCUT2D eigenvalue weighted by atomic mass is 35.5. The number of halogens is 2. The fourth-order valence-electron chi connectivity index (χ4n) is 2.34. The lowest BCUT2D eigenvalue weighted by atomic mass is 10.1. The summed E-state index contributed by atoms with van der Waals surface area (Å²) in [5, 5.41) is 10.3. The summed E-state index contributed by atoms with van der Waals surface area (Å²) in [6.07, 6.45) is -0.802. The predicted octanol–water partition coefficient (Wildman–Crippen LogP) is 4.84. The maximum atomic E-state index is 11.3. The van der Waals surface area contributed by atoms with Gasteiger partial charge in [0.25, 0.3) is 0 Å². The Morgan fingerprint density at radius 2 is 1.96 bits per heavy atom. The molecule has 2 rings (SSSR count). The maximum absolute atomic E-state index is 11.3. The van der Waals surface area contributed by atoms with Gasteiger partial charge in [0.05, 0.1) is 11.1 Å². The third kappa shape index (κ3) is 7.15. The van der Waals surface area contributed by atoms with E-state index in [2.05, 4.69) is 11.8 Å². The fourth-order valence-corrected chi connectivity index (χ4v) is 2.80. The number of benzene rings is 2. The topological polar surface area (TPSA) is 55.8 Å². The summed E-state index contributed by atoms with van der Waals surface area (Å²) in [5.41, 5.74) is 1.49.